The lowest BCUT2D eigenvalue weighted by molar-refractivity contribution is -0.496. The summed E-state index contributed by atoms with van der Waals surface area (Å²) in [6.07, 6.45) is 43.7. The van der Waals surface area contributed by atoms with E-state index < -0.39 is 0 Å². The lowest BCUT2D eigenvalue weighted by Gasteiger charge is -2.14. The fourth-order valence-electron chi connectivity index (χ4n) is 6.06. The summed E-state index contributed by atoms with van der Waals surface area (Å²) >= 11 is 0. The van der Waals surface area contributed by atoms with Crippen LogP contribution in [0, 0.1) is 5.92 Å². The van der Waals surface area contributed by atoms with Crippen molar-refractivity contribution >= 4 is 30.9 Å². The number of nitrogens with zero attached hydrogens (tertiary/aromatic N) is 1. The maximum Gasteiger partial charge on any atom is 0.305 e. The van der Waals surface area contributed by atoms with Crippen molar-refractivity contribution in [3.8, 4) is 0 Å². The van der Waals surface area contributed by atoms with Gasteiger partial charge in [0.15, 0.2) is 0 Å². The second-order valence-corrected chi connectivity index (χ2v) is 14.0. The lowest BCUT2D eigenvalue weighted by Crippen LogP contribution is -2.25. The van der Waals surface area contributed by atoms with Crippen LogP contribution < -0.4 is 0 Å². The Kier molecular flexibility index (Phi) is 39.6. The summed E-state index contributed by atoms with van der Waals surface area (Å²) in [5, 5.41) is 0. The second kappa shape index (κ2) is 39.0. The molecular weight excluding hydrogens is 602 g/mol. The molecule has 0 amide bonds. The summed E-state index contributed by atoms with van der Waals surface area (Å²) in [5.41, 5.74) is 0. The van der Waals surface area contributed by atoms with Crippen LogP contribution in [0.3, 0.4) is 0 Å². The van der Waals surface area contributed by atoms with E-state index in [1.807, 2.05) is 11.6 Å². The molecule has 0 aromatic heterocycles. The van der Waals surface area contributed by atoms with Gasteiger partial charge in [-0.3, -0.25) is 9.59 Å². The third kappa shape index (κ3) is 38.9. The number of ketones is 1. The predicted octanol–water partition coefficient (Wildman–Crippen LogP) is 12.9. The van der Waals surface area contributed by atoms with E-state index in [9.17, 15) is 9.59 Å². The number of rotatable bonds is 36. The predicted molar refractivity (Wildman–Crippen MR) is 208 cm³/mol. The van der Waals surface area contributed by atoms with Crippen LogP contribution in [-0.2, 0) is 14.3 Å². The van der Waals surface area contributed by atoms with E-state index in [1.54, 1.807) is 0 Å². The number of carbonyl (C=O) groups is 2. The number of Topliss-reactive ketones (excluding diaryl/α,β-unsaturated/α-hetero) is 1. The van der Waals surface area contributed by atoms with Gasteiger partial charge in [0, 0.05) is 19.3 Å². The van der Waals surface area contributed by atoms with Gasteiger partial charge in [-0.15, -0.1) is 12.4 Å². The maximum absolute atomic E-state index is 12.6. The molecule has 0 saturated heterocycles. The van der Waals surface area contributed by atoms with Gasteiger partial charge in [-0.25, -0.2) is 4.58 Å². The van der Waals surface area contributed by atoms with Gasteiger partial charge in [0.2, 0.25) is 0 Å². The summed E-state index contributed by atoms with van der Waals surface area (Å²) in [6, 6.07) is 0. The first-order valence-electron chi connectivity index (χ1n) is 20.0. The van der Waals surface area contributed by atoms with E-state index in [4.69, 9.17) is 4.74 Å². The molecule has 47 heavy (non-hydrogen) atoms. The highest BCUT2D eigenvalue weighted by Crippen LogP contribution is 2.14. The summed E-state index contributed by atoms with van der Waals surface area (Å²) in [4.78, 5) is 25.0. The normalized spacial score (nSPS) is 12.1. The van der Waals surface area contributed by atoms with Crippen LogP contribution in [0.25, 0.3) is 0 Å². The fraction of sp³-hybridized carbons (Fsp3) is 0.833. The largest absolute Gasteiger partial charge is 0.465 e. The number of halogens is 1. The van der Waals surface area contributed by atoms with Crippen LogP contribution in [0.15, 0.2) is 24.3 Å². The van der Waals surface area contributed by atoms with E-state index in [2.05, 4.69) is 44.9 Å². The number of unbranched alkanes of at least 4 members (excludes halogenated alkanes) is 22. The first-order chi connectivity index (χ1) is 22.5. The van der Waals surface area contributed by atoms with Crippen molar-refractivity contribution in [1.82, 2.24) is 0 Å². The highest BCUT2D eigenvalue weighted by atomic mass is 35.5. The van der Waals surface area contributed by atoms with Crippen LogP contribution in [0.5, 0.6) is 0 Å². The van der Waals surface area contributed by atoms with E-state index in [0.717, 1.165) is 25.7 Å². The van der Waals surface area contributed by atoms with Gasteiger partial charge >= 0.3 is 5.97 Å². The van der Waals surface area contributed by atoms with Crippen molar-refractivity contribution in [1.29, 1.82) is 0 Å². The molecule has 0 fully saturated rings. The van der Waals surface area contributed by atoms with Crippen LogP contribution >= 0.6 is 12.4 Å². The molecule has 4 nitrogen and oxygen atoms in total. The Balaban J connectivity index is 0. The van der Waals surface area contributed by atoms with E-state index in [0.29, 0.717) is 32.4 Å². The van der Waals surface area contributed by atoms with Crippen molar-refractivity contribution in [2.75, 3.05) is 20.2 Å². The van der Waals surface area contributed by atoms with E-state index in [1.165, 1.54) is 141 Å². The lowest BCUT2D eigenvalue weighted by atomic mass is 9.99. The average Bonchev–Trinajstić information content (AvgIpc) is 3.03. The molecule has 0 aliphatic rings. The van der Waals surface area contributed by atoms with Gasteiger partial charge in [0.1, 0.15) is 32.7 Å². The summed E-state index contributed by atoms with van der Waals surface area (Å²) in [6.45, 7) is 9.48. The maximum atomic E-state index is 12.6. The van der Waals surface area contributed by atoms with Crippen molar-refractivity contribution in [3.63, 3.8) is 0 Å². The number of ether oxygens (including phenoxy) is 1. The Morgan fingerprint density at radius 1 is 0.574 bits per heavy atom. The molecule has 0 rings (SSSR count). The number of carbonyl (C=O) groups excluding carboxylic acids is 2. The van der Waals surface area contributed by atoms with Gasteiger partial charge in [0.25, 0.3) is 0 Å². The van der Waals surface area contributed by atoms with Gasteiger partial charge in [0.05, 0.1) is 5.92 Å². The first-order valence-corrected chi connectivity index (χ1v) is 20.0. The minimum absolute atomic E-state index is 0. The monoisotopic (exact) mass is 681 g/mol. The van der Waals surface area contributed by atoms with Gasteiger partial charge in [-0.1, -0.05) is 141 Å². The van der Waals surface area contributed by atoms with Crippen LogP contribution in [0.1, 0.15) is 200 Å². The standard InChI is InChI=1S/C42H78NO3.ClH/c1-5-7-9-11-13-15-17-19-21-23-25-27-29-31-33-35-41(44)37-40(38-43(3)4)39-46-42(45)36-34-32-30-28-26-24-22-20-18-16-14-12-10-8-6-2;/h19-22,40H,3,5-18,23-39H2,1-2,4H3;1H/q+1;/b21-19-,22-20-;. The second-order valence-electron chi connectivity index (χ2n) is 14.0. The Labute approximate surface area is 299 Å². The highest BCUT2D eigenvalue weighted by Gasteiger charge is 2.19. The van der Waals surface area contributed by atoms with Gasteiger partial charge < -0.3 is 4.74 Å². The minimum Gasteiger partial charge on any atom is -0.465 e. The summed E-state index contributed by atoms with van der Waals surface area (Å²) < 4.78 is 7.44. The quantitative estimate of drug-likeness (QED) is 0.0217. The van der Waals surface area contributed by atoms with Crippen molar-refractivity contribution in [2.45, 2.75) is 200 Å². The number of hydrogen-bond acceptors (Lipinski definition) is 3. The van der Waals surface area contributed by atoms with Gasteiger partial charge in [-0.05, 0) is 64.2 Å². The van der Waals surface area contributed by atoms with Crippen LogP contribution in [0.4, 0.5) is 0 Å². The minimum atomic E-state index is -0.126. The Morgan fingerprint density at radius 3 is 1.34 bits per heavy atom. The molecule has 0 heterocycles. The Morgan fingerprint density at radius 2 is 0.936 bits per heavy atom. The third-order valence-electron chi connectivity index (χ3n) is 8.93. The van der Waals surface area contributed by atoms with Crippen molar-refractivity contribution in [3.05, 3.63) is 24.3 Å². The Bertz CT molecular complexity index is 763. The molecule has 0 radical (unpaired) electrons. The summed E-state index contributed by atoms with van der Waals surface area (Å²) in [5.74, 6) is 0.188. The fourth-order valence-corrected chi connectivity index (χ4v) is 6.06. The van der Waals surface area contributed by atoms with Crippen LogP contribution in [-0.4, -0.2) is 43.2 Å². The van der Waals surface area contributed by atoms with E-state index in [-0.39, 0.29) is 30.1 Å². The number of esters is 1. The highest BCUT2D eigenvalue weighted by molar-refractivity contribution is 5.85. The average molecular weight is 682 g/mol. The molecule has 0 N–H and O–H groups in total. The van der Waals surface area contributed by atoms with Crippen molar-refractivity contribution < 1.29 is 18.9 Å². The summed E-state index contributed by atoms with van der Waals surface area (Å²) in [7, 11) is 1.91. The number of hydrogen-bond donors (Lipinski definition) is 0. The molecule has 0 aromatic rings. The van der Waals surface area contributed by atoms with Crippen molar-refractivity contribution in [2.24, 2.45) is 5.92 Å². The van der Waals surface area contributed by atoms with Gasteiger partial charge in [-0.2, -0.15) is 0 Å². The smallest absolute Gasteiger partial charge is 0.305 e. The molecular formula is C42H79ClNO3+. The molecule has 0 aliphatic heterocycles. The molecule has 1 unspecified atom stereocenters. The van der Waals surface area contributed by atoms with Crippen LogP contribution in [0.2, 0.25) is 0 Å². The molecule has 0 bridgehead atoms. The molecule has 5 heteroatoms. The number of allylic oxidation sites excluding steroid dienone is 4. The zero-order chi connectivity index (χ0) is 33.8. The van der Waals surface area contributed by atoms with E-state index >= 15 is 0 Å². The Hall–Kier alpha value is -1.42. The molecule has 0 saturated carbocycles. The molecule has 0 aliphatic carbocycles. The zero-order valence-electron chi connectivity index (χ0n) is 31.6. The zero-order valence-corrected chi connectivity index (χ0v) is 32.4. The SMILES string of the molecule is C=[N+](C)CC(COC(=O)CCCCCCC/C=C\CCCCCCCC)CC(=O)CCCCCCC/C=C\CCCCCCCC.Cl. The molecule has 1 atom stereocenters. The molecule has 276 valence electrons. The molecule has 0 aromatic carbocycles. The third-order valence-corrected chi connectivity index (χ3v) is 8.93. The molecule has 0 spiro atoms. The topological polar surface area (TPSA) is 46.4 Å². The first kappa shape index (κ1) is 47.7.